The highest BCUT2D eigenvalue weighted by Gasteiger charge is 2.22. The summed E-state index contributed by atoms with van der Waals surface area (Å²) >= 11 is 5.97. The van der Waals surface area contributed by atoms with Crippen molar-refractivity contribution in [2.24, 2.45) is 5.10 Å². The molecule has 1 amide bonds. The van der Waals surface area contributed by atoms with Crippen LogP contribution >= 0.6 is 11.6 Å². The molecule has 0 aliphatic carbocycles. The second-order valence-corrected chi connectivity index (χ2v) is 10.3. The van der Waals surface area contributed by atoms with Gasteiger partial charge in [-0.15, -0.1) is 0 Å². The lowest BCUT2D eigenvalue weighted by atomic mass is 10.2. The topological polar surface area (TPSA) is 97.3 Å². The number of hydrogen-bond acceptors (Lipinski definition) is 6. The van der Waals surface area contributed by atoms with Gasteiger partial charge in [0.15, 0.2) is 11.5 Å². The van der Waals surface area contributed by atoms with Crippen LogP contribution in [-0.4, -0.2) is 39.9 Å². The van der Waals surface area contributed by atoms with Gasteiger partial charge < -0.3 is 9.47 Å². The molecule has 0 spiro atoms. The molecule has 0 aliphatic rings. The van der Waals surface area contributed by atoms with Crippen LogP contribution in [0, 0.1) is 6.92 Å². The molecule has 0 radical (unpaired) electrons. The number of aryl methyl sites for hydroxylation is 1. The van der Waals surface area contributed by atoms with Crippen LogP contribution in [0.25, 0.3) is 0 Å². The van der Waals surface area contributed by atoms with Crippen molar-refractivity contribution in [2.45, 2.75) is 20.5 Å². The summed E-state index contributed by atoms with van der Waals surface area (Å²) in [7, 11) is -3.72. The molecule has 0 saturated heterocycles. The number of hydrazone groups is 1. The lowest BCUT2D eigenvalue weighted by Gasteiger charge is -2.23. The number of rotatable bonds is 11. The standard InChI is InChI=1S/C26H28ClN3O5S/c1-4-34-25-15-21(10-13-24(25)35-18-20-8-6-5-7-9-20)16-28-29-26(31)17-30(36(3,32)33)23-12-11-22(27)14-19(23)2/h5-16H,4,17-18H2,1-3H3,(H,29,31)/b28-16-. The number of amides is 1. The molecule has 8 nitrogen and oxygen atoms in total. The van der Waals surface area contributed by atoms with E-state index in [1.165, 1.54) is 6.21 Å². The maximum Gasteiger partial charge on any atom is 0.260 e. The maximum atomic E-state index is 12.5. The molecule has 10 heteroatoms. The average Bonchev–Trinajstić information content (AvgIpc) is 2.83. The third-order valence-corrected chi connectivity index (χ3v) is 6.38. The molecule has 0 aliphatic heterocycles. The quantitative estimate of drug-likeness (QED) is 0.290. The summed E-state index contributed by atoms with van der Waals surface area (Å²) in [5, 5.41) is 4.44. The minimum atomic E-state index is -3.72. The molecule has 0 atom stereocenters. The van der Waals surface area contributed by atoms with Crippen LogP contribution in [0.15, 0.2) is 71.8 Å². The number of anilines is 1. The highest BCUT2D eigenvalue weighted by Crippen LogP contribution is 2.29. The second kappa shape index (κ2) is 12.4. The summed E-state index contributed by atoms with van der Waals surface area (Å²) in [5.74, 6) is 0.535. The molecule has 1 N–H and O–H groups in total. The van der Waals surface area contributed by atoms with E-state index in [9.17, 15) is 13.2 Å². The number of benzene rings is 3. The van der Waals surface area contributed by atoms with Gasteiger partial charge in [0.2, 0.25) is 10.0 Å². The normalized spacial score (nSPS) is 11.3. The Balaban J connectivity index is 1.67. The molecule has 3 aromatic rings. The first-order chi connectivity index (χ1) is 17.2. The van der Waals surface area contributed by atoms with E-state index in [0.29, 0.717) is 46.5 Å². The third-order valence-electron chi connectivity index (χ3n) is 5.02. The molecule has 0 heterocycles. The van der Waals surface area contributed by atoms with E-state index >= 15 is 0 Å². The van der Waals surface area contributed by atoms with Gasteiger partial charge in [-0.2, -0.15) is 5.10 Å². The smallest absolute Gasteiger partial charge is 0.260 e. The Labute approximate surface area is 216 Å². The first-order valence-corrected chi connectivity index (χ1v) is 13.4. The largest absolute Gasteiger partial charge is 0.490 e. The lowest BCUT2D eigenvalue weighted by molar-refractivity contribution is -0.119. The van der Waals surface area contributed by atoms with E-state index in [0.717, 1.165) is 16.1 Å². The molecular weight excluding hydrogens is 502 g/mol. The number of nitrogens with zero attached hydrogens (tertiary/aromatic N) is 2. The van der Waals surface area contributed by atoms with Crippen molar-refractivity contribution in [3.05, 3.63) is 88.4 Å². The third kappa shape index (κ3) is 7.73. The van der Waals surface area contributed by atoms with Crippen LogP contribution in [0.3, 0.4) is 0 Å². The van der Waals surface area contributed by atoms with E-state index in [4.69, 9.17) is 21.1 Å². The minimum Gasteiger partial charge on any atom is -0.490 e. The summed E-state index contributed by atoms with van der Waals surface area (Å²) in [6.07, 6.45) is 2.48. The molecule has 3 aromatic carbocycles. The first kappa shape index (κ1) is 27.0. The summed E-state index contributed by atoms with van der Waals surface area (Å²) in [6.45, 7) is 4.00. The second-order valence-electron chi connectivity index (χ2n) is 7.91. The summed E-state index contributed by atoms with van der Waals surface area (Å²) in [6, 6.07) is 19.8. The molecule has 0 saturated carbocycles. The fraction of sp³-hybridized carbons (Fsp3) is 0.231. The van der Waals surface area contributed by atoms with E-state index in [-0.39, 0.29) is 0 Å². The van der Waals surface area contributed by atoms with Gasteiger partial charge in [0.05, 0.1) is 24.8 Å². The number of sulfonamides is 1. The van der Waals surface area contributed by atoms with Crippen molar-refractivity contribution in [1.29, 1.82) is 0 Å². The van der Waals surface area contributed by atoms with Crippen molar-refractivity contribution in [2.75, 3.05) is 23.7 Å². The molecule has 0 aromatic heterocycles. The van der Waals surface area contributed by atoms with Gasteiger partial charge in [0, 0.05) is 5.02 Å². The van der Waals surface area contributed by atoms with E-state index in [2.05, 4.69) is 10.5 Å². The van der Waals surface area contributed by atoms with Gasteiger partial charge in [-0.3, -0.25) is 9.10 Å². The number of halogens is 1. The summed E-state index contributed by atoms with van der Waals surface area (Å²) in [5.41, 5.74) is 5.07. The Hall–Kier alpha value is -3.56. The number of ether oxygens (including phenoxy) is 2. The van der Waals surface area contributed by atoms with Gasteiger partial charge in [-0.1, -0.05) is 41.9 Å². The van der Waals surface area contributed by atoms with Crippen LogP contribution in [0.4, 0.5) is 5.69 Å². The Morgan fingerprint density at radius 3 is 2.47 bits per heavy atom. The highest BCUT2D eigenvalue weighted by molar-refractivity contribution is 7.92. The van der Waals surface area contributed by atoms with Crippen molar-refractivity contribution in [3.8, 4) is 11.5 Å². The van der Waals surface area contributed by atoms with Crippen LogP contribution in [0.1, 0.15) is 23.6 Å². The Morgan fingerprint density at radius 1 is 1.06 bits per heavy atom. The molecular formula is C26H28ClN3O5S. The van der Waals surface area contributed by atoms with Crippen molar-refractivity contribution in [1.82, 2.24) is 5.43 Å². The van der Waals surface area contributed by atoms with E-state index in [1.54, 1.807) is 43.3 Å². The summed E-state index contributed by atoms with van der Waals surface area (Å²) < 4.78 is 37.2. The van der Waals surface area contributed by atoms with Crippen LogP contribution < -0.4 is 19.2 Å². The predicted octanol–water partition coefficient (Wildman–Crippen LogP) is 4.54. The summed E-state index contributed by atoms with van der Waals surface area (Å²) in [4.78, 5) is 12.5. The Kier molecular flexibility index (Phi) is 9.32. The molecule has 0 unspecified atom stereocenters. The highest BCUT2D eigenvalue weighted by atomic mass is 35.5. The number of nitrogens with one attached hydrogen (secondary N) is 1. The monoisotopic (exact) mass is 529 g/mol. The average molecular weight is 530 g/mol. The predicted molar refractivity (Wildman–Crippen MR) is 143 cm³/mol. The lowest BCUT2D eigenvalue weighted by Crippen LogP contribution is -2.39. The fourth-order valence-corrected chi connectivity index (χ4v) is 4.49. The van der Waals surface area contributed by atoms with Gasteiger partial charge in [-0.25, -0.2) is 13.8 Å². The van der Waals surface area contributed by atoms with Crippen molar-refractivity contribution < 1.29 is 22.7 Å². The minimum absolute atomic E-state index is 0.369. The van der Waals surface area contributed by atoms with Crippen molar-refractivity contribution in [3.63, 3.8) is 0 Å². The Morgan fingerprint density at radius 2 is 1.81 bits per heavy atom. The number of hydrogen-bond donors (Lipinski definition) is 1. The zero-order chi connectivity index (χ0) is 26.1. The van der Waals surface area contributed by atoms with E-state index in [1.807, 2.05) is 37.3 Å². The maximum absolute atomic E-state index is 12.5. The zero-order valence-corrected chi connectivity index (χ0v) is 21.8. The van der Waals surface area contributed by atoms with Gasteiger partial charge in [0.25, 0.3) is 5.91 Å². The first-order valence-electron chi connectivity index (χ1n) is 11.2. The van der Waals surface area contributed by atoms with Crippen LogP contribution in [-0.2, 0) is 21.4 Å². The molecule has 0 fully saturated rings. The Bertz CT molecular complexity index is 1330. The van der Waals surface area contributed by atoms with Crippen molar-refractivity contribution >= 4 is 39.4 Å². The number of carbonyl (C=O) groups excluding carboxylic acids is 1. The molecule has 0 bridgehead atoms. The number of carbonyl (C=O) groups is 1. The molecule has 190 valence electrons. The van der Waals surface area contributed by atoms with Gasteiger partial charge in [0.1, 0.15) is 13.2 Å². The zero-order valence-electron chi connectivity index (χ0n) is 20.3. The molecule has 36 heavy (non-hydrogen) atoms. The van der Waals surface area contributed by atoms with Crippen LogP contribution in [0.2, 0.25) is 5.02 Å². The van der Waals surface area contributed by atoms with E-state index < -0.39 is 22.5 Å². The molecule has 3 rings (SSSR count). The van der Waals surface area contributed by atoms with Crippen LogP contribution in [0.5, 0.6) is 11.5 Å². The van der Waals surface area contributed by atoms with Gasteiger partial charge >= 0.3 is 0 Å². The SMILES string of the molecule is CCOc1cc(/C=N\NC(=O)CN(c2ccc(Cl)cc2C)S(C)(=O)=O)ccc1OCc1ccccc1. The fourth-order valence-electron chi connectivity index (χ4n) is 3.35. The van der Waals surface area contributed by atoms with Gasteiger partial charge in [-0.05, 0) is 66.9 Å².